The highest BCUT2D eigenvalue weighted by molar-refractivity contribution is 5.69. The highest BCUT2D eigenvalue weighted by Crippen LogP contribution is 2.30. The van der Waals surface area contributed by atoms with Gasteiger partial charge in [0, 0.05) is 37.4 Å². The van der Waals surface area contributed by atoms with Crippen molar-refractivity contribution in [1.29, 1.82) is 0 Å². The molecule has 0 bridgehead atoms. The van der Waals surface area contributed by atoms with Crippen molar-refractivity contribution in [3.63, 3.8) is 0 Å². The molecule has 15 heteroatoms. The molecule has 3 aromatic heterocycles. The molecule has 0 unspecified atom stereocenters. The van der Waals surface area contributed by atoms with Crippen LogP contribution in [-0.2, 0) is 23.9 Å². The summed E-state index contributed by atoms with van der Waals surface area (Å²) < 4.78 is 90.3. The summed E-state index contributed by atoms with van der Waals surface area (Å²) in [5.74, 6) is -0.456. The summed E-state index contributed by atoms with van der Waals surface area (Å²) in [6, 6.07) is 8.50. The summed E-state index contributed by atoms with van der Waals surface area (Å²) in [7, 11) is 0. The molecule has 0 saturated heterocycles. The Morgan fingerprint density at radius 3 is 1.47 bits per heavy atom. The average molecular weight is 609 g/mol. The summed E-state index contributed by atoms with van der Waals surface area (Å²) in [5, 5.41) is 0. The monoisotopic (exact) mass is 609 g/mol. The zero-order valence-corrected chi connectivity index (χ0v) is 21.9. The van der Waals surface area contributed by atoms with E-state index < -0.39 is 38.0 Å². The van der Waals surface area contributed by atoms with Gasteiger partial charge in [0.25, 0.3) is 19.4 Å². The van der Waals surface area contributed by atoms with Crippen LogP contribution in [0.2, 0.25) is 0 Å². The summed E-state index contributed by atoms with van der Waals surface area (Å²) >= 11 is 0. The van der Waals surface area contributed by atoms with Gasteiger partial charge in [0.05, 0.1) is 35.6 Å². The van der Waals surface area contributed by atoms with Crippen molar-refractivity contribution in [1.82, 2.24) is 15.0 Å². The van der Waals surface area contributed by atoms with Crippen LogP contribution in [0.15, 0.2) is 60.3 Å². The molecule has 0 saturated carbocycles. The molecule has 0 amide bonds. The molecule has 0 aliphatic rings. The molecule has 0 spiro atoms. The van der Waals surface area contributed by atoms with E-state index in [1.807, 2.05) is 0 Å². The molecule has 43 heavy (non-hydrogen) atoms. The second-order valence-corrected chi connectivity index (χ2v) is 8.62. The molecule has 0 atom stereocenters. The summed E-state index contributed by atoms with van der Waals surface area (Å²) in [6.45, 7) is 0.188. The van der Waals surface area contributed by atoms with E-state index in [0.29, 0.717) is 11.1 Å². The lowest BCUT2D eigenvalue weighted by atomic mass is 10.1. The minimum absolute atomic E-state index is 0.0129. The maximum Gasteiger partial charge on any atom is 0.389 e. The number of rotatable bonds is 14. The van der Waals surface area contributed by atoms with Crippen molar-refractivity contribution in [2.75, 3.05) is 0 Å². The van der Waals surface area contributed by atoms with Crippen LogP contribution in [0, 0.1) is 0 Å². The van der Waals surface area contributed by atoms with Crippen LogP contribution in [-0.4, -0.2) is 46.7 Å². The minimum atomic E-state index is -4.47. The van der Waals surface area contributed by atoms with Crippen LogP contribution in [0.3, 0.4) is 0 Å². The molecular formula is C28H21F6N3O6. The highest BCUT2D eigenvalue weighted by atomic mass is 19.4. The zero-order chi connectivity index (χ0) is 31.5. The normalized spacial score (nSPS) is 12.4. The number of ether oxygens (including phenoxy) is 3. The molecule has 0 fully saturated rings. The van der Waals surface area contributed by atoms with Gasteiger partial charge in [0.15, 0.2) is 0 Å². The Morgan fingerprint density at radius 1 is 0.651 bits per heavy atom. The van der Waals surface area contributed by atoms with Gasteiger partial charge in [-0.1, -0.05) is 0 Å². The van der Waals surface area contributed by atoms with Crippen molar-refractivity contribution in [2.24, 2.45) is 0 Å². The van der Waals surface area contributed by atoms with Gasteiger partial charge >= 0.3 is 12.4 Å². The summed E-state index contributed by atoms with van der Waals surface area (Å²) in [6.07, 6.45) is -7.42. The number of halogens is 6. The van der Waals surface area contributed by atoms with Gasteiger partial charge in [-0.3, -0.25) is 24.4 Å². The third-order valence-corrected chi connectivity index (χ3v) is 5.44. The molecule has 0 radical (unpaired) electrons. The number of nitrogens with zero attached hydrogens (tertiary/aromatic N) is 3. The number of carbonyl (C=O) groups is 3. The topological polar surface area (TPSA) is 118 Å². The molecule has 3 aromatic rings. The molecular weight excluding hydrogens is 588 g/mol. The Bertz CT molecular complexity index is 1400. The molecule has 0 aromatic carbocycles. The van der Waals surface area contributed by atoms with E-state index in [9.17, 15) is 40.7 Å². The van der Waals surface area contributed by atoms with E-state index in [4.69, 9.17) is 4.74 Å². The molecule has 226 valence electrons. The number of aromatic nitrogens is 3. The molecule has 3 heterocycles. The fourth-order valence-electron chi connectivity index (χ4n) is 3.60. The van der Waals surface area contributed by atoms with Crippen LogP contribution in [0.5, 0.6) is 5.75 Å². The van der Waals surface area contributed by atoms with Crippen molar-refractivity contribution in [2.45, 2.75) is 38.0 Å². The second-order valence-electron chi connectivity index (χ2n) is 8.62. The standard InChI is InChI=1S/C28H21F6N3O6/c29-27(30,31)5-1-20(41-15-38)9-18-3-7-35-23(11-18)25-13-22(43-17-40)14-26(37-25)24-12-19(4-8-36-24)10-21(42-16-39)2-6-28(32,33)34/h3-4,7-17H,1-2,5-6H2/b20-9+,21-10+. The first-order chi connectivity index (χ1) is 20.4. The third kappa shape index (κ3) is 11.0. The first-order valence-corrected chi connectivity index (χ1v) is 12.2. The van der Waals surface area contributed by atoms with Crippen molar-refractivity contribution in [3.8, 4) is 28.5 Å². The van der Waals surface area contributed by atoms with E-state index in [0.717, 1.165) is 0 Å². The van der Waals surface area contributed by atoms with E-state index in [1.165, 1.54) is 60.9 Å². The first kappa shape index (κ1) is 32.4. The summed E-state index contributed by atoms with van der Waals surface area (Å²) in [5.41, 5.74) is 1.32. The Labute approximate surface area is 239 Å². The largest absolute Gasteiger partial charge is 0.433 e. The fraction of sp³-hybridized carbons (Fsp3) is 0.214. The van der Waals surface area contributed by atoms with Gasteiger partial charge in [-0.25, -0.2) is 4.98 Å². The van der Waals surface area contributed by atoms with Gasteiger partial charge in [-0.15, -0.1) is 0 Å². The van der Waals surface area contributed by atoms with Crippen molar-refractivity contribution < 1.29 is 54.9 Å². The highest BCUT2D eigenvalue weighted by Gasteiger charge is 2.28. The van der Waals surface area contributed by atoms with E-state index in [2.05, 4.69) is 24.4 Å². The lowest BCUT2D eigenvalue weighted by Gasteiger charge is -2.10. The molecule has 0 aliphatic heterocycles. The third-order valence-electron chi connectivity index (χ3n) is 5.44. The number of alkyl halides is 6. The molecule has 0 aliphatic carbocycles. The van der Waals surface area contributed by atoms with Crippen LogP contribution in [0.1, 0.15) is 36.8 Å². The quantitative estimate of drug-likeness (QED) is 0.115. The molecule has 3 rings (SSSR count). The van der Waals surface area contributed by atoms with Crippen LogP contribution in [0.4, 0.5) is 26.3 Å². The Balaban J connectivity index is 2.00. The number of hydrogen-bond donors (Lipinski definition) is 0. The van der Waals surface area contributed by atoms with Crippen LogP contribution < -0.4 is 4.74 Å². The number of carbonyl (C=O) groups excluding carboxylic acids is 3. The Morgan fingerprint density at radius 2 is 1.09 bits per heavy atom. The second kappa shape index (κ2) is 14.7. The van der Waals surface area contributed by atoms with E-state index in [1.54, 1.807) is 0 Å². The zero-order valence-electron chi connectivity index (χ0n) is 21.9. The van der Waals surface area contributed by atoms with E-state index >= 15 is 0 Å². The van der Waals surface area contributed by atoms with Gasteiger partial charge < -0.3 is 14.2 Å². The lowest BCUT2D eigenvalue weighted by molar-refractivity contribution is -0.138. The Kier molecular flexibility index (Phi) is 11.1. The molecule has 0 N–H and O–H groups in total. The van der Waals surface area contributed by atoms with Crippen molar-refractivity contribution in [3.05, 3.63) is 71.4 Å². The number of pyridine rings is 3. The number of hydrogen-bond acceptors (Lipinski definition) is 9. The van der Waals surface area contributed by atoms with Gasteiger partial charge in [-0.2, -0.15) is 26.3 Å². The van der Waals surface area contributed by atoms with Gasteiger partial charge in [0.2, 0.25) is 0 Å². The Hall–Kier alpha value is -5.08. The molecule has 9 nitrogen and oxygen atoms in total. The number of allylic oxidation sites excluding steroid dienone is 2. The van der Waals surface area contributed by atoms with Crippen LogP contribution in [0.25, 0.3) is 34.9 Å². The predicted molar refractivity (Wildman–Crippen MR) is 138 cm³/mol. The van der Waals surface area contributed by atoms with E-state index in [-0.39, 0.29) is 59.5 Å². The van der Waals surface area contributed by atoms with Gasteiger partial charge in [0.1, 0.15) is 17.3 Å². The summed E-state index contributed by atoms with van der Waals surface area (Å²) in [4.78, 5) is 45.5. The average Bonchev–Trinajstić information content (AvgIpc) is 2.94. The maximum absolute atomic E-state index is 12.7. The smallest absolute Gasteiger partial charge is 0.389 e. The fourth-order valence-corrected chi connectivity index (χ4v) is 3.60. The first-order valence-electron chi connectivity index (χ1n) is 12.2. The lowest BCUT2D eigenvalue weighted by Crippen LogP contribution is -2.08. The van der Waals surface area contributed by atoms with Crippen molar-refractivity contribution >= 4 is 31.6 Å². The predicted octanol–water partition coefficient (Wildman–Crippen LogP) is 6.45. The SMILES string of the molecule is O=CO/C(=C/c1ccnc(-c2cc(OC=O)cc(-c3cc(/C=C(\CCC(F)(F)F)OC=O)ccn3)n2)c1)CCC(F)(F)F. The van der Waals surface area contributed by atoms with Crippen LogP contribution >= 0.6 is 0 Å². The minimum Gasteiger partial charge on any atom is -0.433 e. The van der Waals surface area contributed by atoms with Gasteiger partial charge in [-0.05, 0) is 47.5 Å². The maximum atomic E-state index is 12.7.